The third-order valence-electron chi connectivity index (χ3n) is 4.38. The molecule has 132 valence electrons. The Bertz CT molecular complexity index is 721. The van der Waals surface area contributed by atoms with Gasteiger partial charge in [-0.3, -0.25) is 9.98 Å². The Labute approximate surface area is 154 Å². The van der Waals surface area contributed by atoms with Crippen LogP contribution in [-0.4, -0.2) is 48.6 Å². The molecule has 1 saturated heterocycles. The first kappa shape index (κ1) is 17.5. The predicted octanol–water partition coefficient (Wildman–Crippen LogP) is 2.72. The third-order valence-corrected chi connectivity index (χ3v) is 4.64. The second kappa shape index (κ2) is 8.21. The average Bonchev–Trinajstić information content (AvgIpc) is 2.62. The number of aromatic nitrogens is 1. The van der Waals surface area contributed by atoms with Crippen molar-refractivity contribution in [3.63, 3.8) is 0 Å². The Balaban J connectivity index is 1.49. The molecule has 5 nitrogen and oxygen atoms in total. The molecule has 1 aliphatic rings. The highest BCUT2D eigenvalue weighted by atomic mass is 35.5. The van der Waals surface area contributed by atoms with Gasteiger partial charge in [0.25, 0.3) is 0 Å². The van der Waals surface area contributed by atoms with E-state index in [1.165, 1.54) is 5.69 Å². The summed E-state index contributed by atoms with van der Waals surface area (Å²) in [6, 6.07) is 14.0. The number of anilines is 1. The topological polar surface area (TPSA) is 57.8 Å². The molecule has 1 aromatic heterocycles. The molecule has 6 heteroatoms. The number of rotatable bonds is 4. The summed E-state index contributed by atoms with van der Waals surface area (Å²) in [5.41, 5.74) is 9.46. The van der Waals surface area contributed by atoms with E-state index >= 15 is 0 Å². The lowest BCUT2D eigenvalue weighted by molar-refractivity contribution is 0.381. The number of piperazine rings is 1. The number of aliphatic imine (C=N–C) groups is 1. The molecule has 3 rings (SSSR count). The predicted molar refractivity (Wildman–Crippen MR) is 104 cm³/mol. The molecule has 1 aromatic carbocycles. The fraction of sp³-hybridized carbons (Fsp3) is 0.368. The van der Waals surface area contributed by atoms with Gasteiger partial charge in [0.1, 0.15) is 0 Å². The lowest BCUT2D eigenvalue weighted by Gasteiger charge is -2.36. The van der Waals surface area contributed by atoms with E-state index in [9.17, 15) is 0 Å². The molecule has 2 N–H and O–H groups in total. The summed E-state index contributed by atoms with van der Waals surface area (Å²) in [4.78, 5) is 13.5. The van der Waals surface area contributed by atoms with Gasteiger partial charge in [-0.1, -0.05) is 17.7 Å². The van der Waals surface area contributed by atoms with Gasteiger partial charge in [0, 0.05) is 61.2 Å². The Kier molecular flexibility index (Phi) is 5.76. The molecule has 0 aliphatic carbocycles. The van der Waals surface area contributed by atoms with Gasteiger partial charge in [0.2, 0.25) is 0 Å². The van der Waals surface area contributed by atoms with Crippen LogP contribution in [-0.2, 0) is 6.42 Å². The van der Waals surface area contributed by atoms with E-state index < -0.39 is 0 Å². The van der Waals surface area contributed by atoms with Crippen LogP contribution >= 0.6 is 11.6 Å². The fourth-order valence-corrected chi connectivity index (χ4v) is 3.10. The van der Waals surface area contributed by atoms with Crippen LogP contribution in [0.15, 0.2) is 47.5 Å². The number of nitrogens with zero attached hydrogens (tertiary/aromatic N) is 4. The largest absolute Gasteiger partial charge is 0.370 e. The number of hydrogen-bond donors (Lipinski definition) is 1. The molecule has 2 heterocycles. The summed E-state index contributed by atoms with van der Waals surface area (Å²) in [5, 5.41) is 0.766. The van der Waals surface area contributed by atoms with Crippen molar-refractivity contribution in [3.05, 3.63) is 58.9 Å². The van der Waals surface area contributed by atoms with Crippen LogP contribution in [0.4, 0.5) is 5.69 Å². The minimum Gasteiger partial charge on any atom is -0.370 e. The van der Waals surface area contributed by atoms with Crippen molar-refractivity contribution in [3.8, 4) is 0 Å². The van der Waals surface area contributed by atoms with Crippen molar-refractivity contribution in [1.82, 2.24) is 9.88 Å². The summed E-state index contributed by atoms with van der Waals surface area (Å²) in [6.45, 7) is 6.27. The zero-order valence-electron chi connectivity index (χ0n) is 14.5. The molecule has 1 fully saturated rings. The van der Waals surface area contributed by atoms with Crippen LogP contribution in [0.2, 0.25) is 5.02 Å². The Morgan fingerprint density at radius 3 is 2.52 bits per heavy atom. The first-order valence-electron chi connectivity index (χ1n) is 8.60. The molecule has 0 spiro atoms. The molecular weight excluding hydrogens is 334 g/mol. The molecule has 0 saturated carbocycles. The number of hydrogen-bond acceptors (Lipinski definition) is 3. The van der Waals surface area contributed by atoms with Gasteiger partial charge >= 0.3 is 0 Å². The molecule has 25 heavy (non-hydrogen) atoms. The van der Waals surface area contributed by atoms with Crippen LogP contribution in [0.5, 0.6) is 0 Å². The second-order valence-corrected chi connectivity index (χ2v) is 6.65. The number of nitrogens with two attached hydrogens (primary N) is 1. The summed E-state index contributed by atoms with van der Waals surface area (Å²) < 4.78 is 0. The molecule has 2 aromatic rings. The molecule has 0 atom stereocenters. The zero-order valence-corrected chi connectivity index (χ0v) is 15.3. The van der Waals surface area contributed by atoms with Gasteiger partial charge in [0.15, 0.2) is 5.96 Å². The molecule has 0 bridgehead atoms. The van der Waals surface area contributed by atoms with Gasteiger partial charge < -0.3 is 15.5 Å². The van der Waals surface area contributed by atoms with E-state index in [2.05, 4.69) is 31.9 Å². The van der Waals surface area contributed by atoms with Gasteiger partial charge in [-0.2, -0.15) is 0 Å². The second-order valence-electron chi connectivity index (χ2n) is 6.21. The Hall–Kier alpha value is -2.27. The highest BCUT2D eigenvalue weighted by Crippen LogP contribution is 2.19. The van der Waals surface area contributed by atoms with Gasteiger partial charge in [-0.15, -0.1) is 0 Å². The van der Waals surface area contributed by atoms with Gasteiger partial charge in [-0.05, 0) is 43.3 Å². The minimum atomic E-state index is 0.628. The van der Waals surface area contributed by atoms with E-state index in [4.69, 9.17) is 17.3 Å². The summed E-state index contributed by atoms with van der Waals surface area (Å²) in [7, 11) is 0. The van der Waals surface area contributed by atoms with E-state index in [1.54, 1.807) is 0 Å². The standard InChI is InChI=1S/C19H24ClN5/c1-15-3-2-4-17(23-15)9-10-22-19(21)25-13-11-24(12-14-25)18-7-5-16(20)6-8-18/h2-8H,9-14H2,1H3,(H2,21,22). The summed E-state index contributed by atoms with van der Waals surface area (Å²) >= 11 is 5.95. The summed E-state index contributed by atoms with van der Waals surface area (Å²) in [5.74, 6) is 0.628. The van der Waals surface area contributed by atoms with Crippen molar-refractivity contribution in [2.24, 2.45) is 10.7 Å². The maximum atomic E-state index is 6.17. The van der Waals surface area contributed by atoms with E-state index in [0.717, 1.165) is 49.0 Å². The maximum Gasteiger partial charge on any atom is 0.191 e. The van der Waals surface area contributed by atoms with Crippen molar-refractivity contribution in [2.75, 3.05) is 37.6 Å². The molecule has 1 aliphatic heterocycles. The molecule has 0 amide bonds. The first-order chi connectivity index (χ1) is 12.1. The van der Waals surface area contributed by atoms with E-state index in [1.807, 2.05) is 37.3 Å². The monoisotopic (exact) mass is 357 g/mol. The minimum absolute atomic E-state index is 0.628. The van der Waals surface area contributed by atoms with Crippen LogP contribution in [0.25, 0.3) is 0 Å². The zero-order chi connectivity index (χ0) is 17.6. The number of halogens is 1. The summed E-state index contributed by atoms with van der Waals surface area (Å²) in [6.07, 6.45) is 0.813. The highest BCUT2D eigenvalue weighted by Gasteiger charge is 2.18. The normalized spacial score (nSPS) is 15.5. The lowest BCUT2D eigenvalue weighted by Crippen LogP contribution is -2.51. The fourth-order valence-electron chi connectivity index (χ4n) is 2.97. The molecule has 0 radical (unpaired) electrons. The SMILES string of the molecule is Cc1cccc(CCN=C(N)N2CCN(c3ccc(Cl)cc3)CC2)n1. The quantitative estimate of drug-likeness (QED) is 0.675. The van der Waals surface area contributed by atoms with Crippen LogP contribution in [0.1, 0.15) is 11.4 Å². The number of pyridine rings is 1. The van der Waals surface area contributed by atoms with Crippen molar-refractivity contribution in [1.29, 1.82) is 0 Å². The number of benzene rings is 1. The smallest absolute Gasteiger partial charge is 0.191 e. The molecular formula is C19H24ClN5. The van der Waals surface area contributed by atoms with E-state index in [0.29, 0.717) is 12.5 Å². The number of guanidine groups is 1. The van der Waals surface area contributed by atoms with E-state index in [-0.39, 0.29) is 0 Å². The van der Waals surface area contributed by atoms with Gasteiger partial charge in [-0.25, -0.2) is 0 Å². The lowest BCUT2D eigenvalue weighted by atomic mass is 10.2. The van der Waals surface area contributed by atoms with Gasteiger partial charge in [0.05, 0.1) is 0 Å². The number of aryl methyl sites for hydroxylation is 1. The Morgan fingerprint density at radius 2 is 1.84 bits per heavy atom. The highest BCUT2D eigenvalue weighted by molar-refractivity contribution is 6.30. The van der Waals surface area contributed by atoms with Crippen LogP contribution in [0.3, 0.4) is 0 Å². The van der Waals surface area contributed by atoms with Crippen LogP contribution < -0.4 is 10.6 Å². The third kappa shape index (κ3) is 4.86. The molecule has 0 unspecified atom stereocenters. The van der Waals surface area contributed by atoms with Crippen molar-refractivity contribution >= 4 is 23.2 Å². The van der Waals surface area contributed by atoms with Crippen molar-refractivity contribution < 1.29 is 0 Å². The first-order valence-corrected chi connectivity index (χ1v) is 8.97. The van der Waals surface area contributed by atoms with Crippen LogP contribution in [0, 0.1) is 6.92 Å². The van der Waals surface area contributed by atoms with Crippen molar-refractivity contribution in [2.45, 2.75) is 13.3 Å². The Morgan fingerprint density at radius 1 is 1.12 bits per heavy atom. The maximum absolute atomic E-state index is 6.17. The average molecular weight is 358 g/mol.